The van der Waals surface area contributed by atoms with E-state index in [0.717, 1.165) is 12.8 Å². The van der Waals surface area contributed by atoms with Gasteiger partial charge in [0.2, 0.25) is 5.91 Å². The minimum absolute atomic E-state index is 0. The van der Waals surface area contributed by atoms with E-state index in [-0.39, 0.29) is 18.5 Å². The molecule has 1 atom stereocenters. The van der Waals surface area contributed by atoms with Crippen molar-refractivity contribution < 1.29 is 14.7 Å². The van der Waals surface area contributed by atoms with Crippen LogP contribution in [-0.4, -0.2) is 29.9 Å². The van der Waals surface area contributed by atoms with E-state index in [1.807, 2.05) is 0 Å². The summed E-state index contributed by atoms with van der Waals surface area (Å²) in [7, 11) is 0. The largest absolute Gasteiger partial charge is 0.550 e. The van der Waals surface area contributed by atoms with Crippen LogP contribution in [0.3, 0.4) is 0 Å². The van der Waals surface area contributed by atoms with E-state index in [1.54, 1.807) is 4.90 Å². The van der Waals surface area contributed by atoms with Crippen molar-refractivity contribution in [3.05, 3.63) is 12.2 Å². The molecule has 0 aromatic heterocycles. The maximum absolute atomic E-state index is 11.7. The second kappa shape index (κ2) is 17.7. The Kier molecular flexibility index (Phi) is 16.9. The topological polar surface area (TPSA) is 96.9 Å². The van der Waals surface area contributed by atoms with Crippen molar-refractivity contribution >= 4 is 11.9 Å². The van der Waals surface area contributed by atoms with Crippen LogP contribution in [0.25, 0.3) is 0 Å². The summed E-state index contributed by atoms with van der Waals surface area (Å²) in [6, 6.07) is 0. The molecule has 5 heteroatoms. The third-order valence-corrected chi connectivity index (χ3v) is 5.49. The molecule has 1 unspecified atom stereocenters. The molecule has 1 heterocycles. The molecule has 0 aromatic carbocycles. The van der Waals surface area contributed by atoms with E-state index in [2.05, 4.69) is 19.1 Å². The first kappa shape index (κ1) is 26.6. The monoisotopic (exact) mass is 396 g/mol. The molecule has 0 spiro atoms. The van der Waals surface area contributed by atoms with Crippen LogP contribution in [0.15, 0.2) is 12.2 Å². The van der Waals surface area contributed by atoms with Gasteiger partial charge in [-0.15, -0.1) is 0 Å². The molecule has 5 nitrogen and oxygen atoms in total. The maximum atomic E-state index is 11.7. The fourth-order valence-electron chi connectivity index (χ4n) is 3.70. The number of carbonyl (C=O) groups is 2. The second-order valence-electron chi connectivity index (χ2n) is 8.00. The molecule has 0 bridgehead atoms. The van der Waals surface area contributed by atoms with Gasteiger partial charge in [-0.2, -0.15) is 0 Å². The van der Waals surface area contributed by atoms with Gasteiger partial charge in [0.15, 0.2) is 0 Å². The average Bonchev–Trinajstić information content (AvgIpc) is 3.02. The molecule has 1 amide bonds. The van der Waals surface area contributed by atoms with Gasteiger partial charge >= 0.3 is 0 Å². The zero-order valence-corrected chi connectivity index (χ0v) is 18.4. The van der Waals surface area contributed by atoms with Crippen LogP contribution in [0.5, 0.6) is 0 Å². The van der Waals surface area contributed by atoms with Gasteiger partial charge in [0.1, 0.15) is 0 Å². The number of rotatable bonds is 17. The third kappa shape index (κ3) is 12.9. The summed E-state index contributed by atoms with van der Waals surface area (Å²) < 4.78 is 0. The Morgan fingerprint density at radius 2 is 1.43 bits per heavy atom. The summed E-state index contributed by atoms with van der Waals surface area (Å²) >= 11 is 0. The highest BCUT2D eigenvalue weighted by Crippen LogP contribution is 2.18. The molecule has 1 aliphatic rings. The number of hydrogen-bond acceptors (Lipinski definition) is 3. The van der Waals surface area contributed by atoms with Gasteiger partial charge in [-0.1, -0.05) is 76.9 Å². The first-order chi connectivity index (χ1) is 13.1. The van der Waals surface area contributed by atoms with Gasteiger partial charge in [-0.25, -0.2) is 0 Å². The number of hydrogen-bond donors (Lipinski definition) is 1. The summed E-state index contributed by atoms with van der Waals surface area (Å²) in [4.78, 5) is 24.2. The lowest BCUT2D eigenvalue weighted by Gasteiger charge is -2.16. The first-order valence-electron chi connectivity index (χ1n) is 11.3. The standard InChI is InChI=1S/C23H41NO3.H3N/c1-2-3-4-5-6-7-8-9-10-11-12-13-14-15-16-17-18-24-20-21(23(26)27)19-22(24)25;/h9-10,21H,2-8,11-20H2,1H3,(H,26,27);1H3/b10-9-;. The number of aliphatic carboxylic acids is 1. The highest BCUT2D eigenvalue weighted by molar-refractivity contribution is 5.85. The van der Waals surface area contributed by atoms with Crippen molar-refractivity contribution in [3.8, 4) is 0 Å². The van der Waals surface area contributed by atoms with Crippen molar-refractivity contribution in [1.82, 2.24) is 11.1 Å². The number of carbonyl (C=O) groups excluding carboxylic acids is 2. The number of quaternary nitrogens is 1. The Labute approximate surface area is 172 Å². The number of carboxylic acid groups (broad SMARTS) is 1. The van der Waals surface area contributed by atoms with Crippen molar-refractivity contribution in [1.29, 1.82) is 0 Å². The summed E-state index contributed by atoms with van der Waals surface area (Å²) in [6.07, 6.45) is 22.6. The predicted molar refractivity (Wildman–Crippen MR) is 115 cm³/mol. The normalized spacial score (nSPS) is 16.7. The Balaban J connectivity index is 0.00000729. The predicted octanol–water partition coefficient (Wildman–Crippen LogP) is 5.00. The van der Waals surface area contributed by atoms with Crippen LogP contribution >= 0.6 is 0 Å². The van der Waals surface area contributed by atoms with Gasteiger partial charge in [0.05, 0.1) is 0 Å². The van der Waals surface area contributed by atoms with Crippen LogP contribution in [0.4, 0.5) is 0 Å². The molecular formula is C23H44N2O3. The minimum Gasteiger partial charge on any atom is -0.550 e. The van der Waals surface area contributed by atoms with Crippen LogP contribution < -0.4 is 11.3 Å². The van der Waals surface area contributed by atoms with E-state index in [1.165, 1.54) is 77.0 Å². The number of likely N-dealkylation sites (tertiary alicyclic amines) is 1. The number of carboxylic acids is 1. The molecule has 164 valence electrons. The zero-order chi connectivity index (χ0) is 19.7. The molecule has 0 radical (unpaired) electrons. The molecule has 4 N–H and O–H groups in total. The zero-order valence-electron chi connectivity index (χ0n) is 18.4. The molecule has 1 aliphatic heterocycles. The first-order valence-corrected chi connectivity index (χ1v) is 11.3. The summed E-state index contributed by atoms with van der Waals surface area (Å²) in [5.74, 6) is -1.73. The van der Waals surface area contributed by atoms with E-state index in [4.69, 9.17) is 0 Å². The van der Waals surface area contributed by atoms with Gasteiger partial charge in [0.25, 0.3) is 0 Å². The fourth-order valence-corrected chi connectivity index (χ4v) is 3.70. The molecule has 1 rings (SSSR count). The Bertz CT molecular complexity index is 438. The number of amides is 1. The van der Waals surface area contributed by atoms with E-state index < -0.39 is 11.9 Å². The maximum Gasteiger partial charge on any atom is 0.223 e. The second-order valence-corrected chi connectivity index (χ2v) is 8.00. The van der Waals surface area contributed by atoms with Crippen LogP contribution in [0.1, 0.15) is 103 Å². The lowest BCUT2D eigenvalue weighted by Crippen LogP contribution is -2.33. The smallest absolute Gasteiger partial charge is 0.223 e. The SMILES string of the molecule is CCCCCCCC/C=C\CCCCCCCCN1CC(C(=O)[O-])CC1=O.[NH4+]. The Morgan fingerprint density at radius 3 is 1.93 bits per heavy atom. The van der Waals surface area contributed by atoms with E-state index in [0.29, 0.717) is 13.1 Å². The summed E-state index contributed by atoms with van der Waals surface area (Å²) in [6.45, 7) is 3.30. The van der Waals surface area contributed by atoms with Crippen molar-refractivity contribution in [2.75, 3.05) is 13.1 Å². The van der Waals surface area contributed by atoms with Crippen LogP contribution in [0.2, 0.25) is 0 Å². The van der Waals surface area contributed by atoms with Crippen LogP contribution in [-0.2, 0) is 9.59 Å². The molecule has 28 heavy (non-hydrogen) atoms. The highest BCUT2D eigenvalue weighted by Gasteiger charge is 2.29. The van der Waals surface area contributed by atoms with Crippen molar-refractivity contribution in [2.24, 2.45) is 5.92 Å². The van der Waals surface area contributed by atoms with E-state index in [9.17, 15) is 14.7 Å². The number of allylic oxidation sites excluding steroid dienone is 2. The number of nitrogens with zero attached hydrogens (tertiary/aromatic N) is 1. The Morgan fingerprint density at radius 1 is 0.929 bits per heavy atom. The molecule has 1 fully saturated rings. The van der Waals surface area contributed by atoms with Crippen molar-refractivity contribution in [2.45, 2.75) is 103 Å². The molecular weight excluding hydrogens is 352 g/mol. The van der Waals surface area contributed by atoms with Crippen LogP contribution in [0, 0.1) is 5.92 Å². The quantitative estimate of drug-likeness (QED) is 0.277. The molecule has 0 aromatic rings. The lowest BCUT2D eigenvalue weighted by molar-refractivity contribution is -0.311. The van der Waals surface area contributed by atoms with Gasteiger partial charge in [-0.3, -0.25) is 4.79 Å². The fraction of sp³-hybridized carbons (Fsp3) is 0.826. The van der Waals surface area contributed by atoms with Crippen molar-refractivity contribution in [3.63, 3.8) is 0 Å². The summed E-state index contributed by atoms with van der Waals surface area (Å²) in [5.41, 5.74) is 0. The van der Waals surface area contributed by atoms with Gasteiger partial charge in [-0.05, 0) is 32.1 Å². The van der Waals surface area contributed by atoms with E-state index >= 15 is 0 Å². The molecule has 1 saturated heterocycles. The van der Waals surface area contributed by atoms with Gasteiger partial charge in [0, 0.05) is 31.4 Å². The highest BCUT2D eigenvalue weighted by atomic mass is 16.4. The lowest BCUT2D eigenvalue weighted by atomic mass is 10.1. The third-order valence-electron chi connectivity index (χ3n) is 5.49. The average molecular weight is 397 g/mol. The van der Waals surface area contributed by atoms with Gasteiger partial charge < -0.3 is 21.0 Å². The molecule has 0 saturated carbocycles. The minimum atomic E-state index is -1.09. The number of unbranched alkanes of at least 4 members (excludes halogenated alkanes) is 12. The molecule has 0 aliphatic carbocycles. The Hall–Kier alpha value is -1.36. The summed E-state index contributed by atoms with van der Waals surface area (Å²) in [5, 5.41) is 10.8.